The van der Waals surface area contributed by atoms with E-state index in [0.717, 1.165) is 12.1 Å². The van der Waals surface area contributed by atoms with E-state index >= 15 is 0 Å². The molecule has 0 aliphatic carbocycles. The summed E-state index contributed by atoms with van der Waals surface area (Å²) < 4.78 is 30.7. The van der Waals surface area contributed by atoms with Gasteiger partial charge in [-0.2, -0.15) is 8.42 Å². The van der Waals surface area contributed by atoms with Crippen molar-refractivity contribution in [3.63, 3.8) is 0 Å². The lowest BCUT2D eigenvalue weighted by molar-refractivity contribution is 0.460. The predicted octanol–water partition coefficient (Wildman–Crippen LogP) is 1.08. The van der Waals surface area contributed by atoms with Crippen molar-refractivity contribution in [3.8, 4) is 11.5 Å². The monoisotopic (exact) mass is 255 g/mol. The van der Waals surface area contributed by atoms with Crippen molar-refractivity contribution >= 4 is 26.6 Å². The molecule has 0 aliphatic rings. The van der Waals surface area contributed by atoms with Gasteiger partial charge >= 0.3 is 0 Å². The molecule has 0 heterocycles. The maximum absolute atomic E-state index is 10.9. The molecule has 0 amide bonds. The van der Waals surface area contributed by atoms with Crippen molar-refractivity contribution < 1.29 is 23.2 Å². The molecule has 0 saturated heterocycles. The summed E-state index contributed by atoms with van der Waals surface area (Å²) in [7, 11) is -4.41. The van der Waals surface area contributed by atoms with E-state index in [0.29, 0.717) is 0 Å². The Labute approximate surface area is 96.7 Å². The van der Waals surface area contributed by atoms with E-state index < -0.39 is 20.8 Å². The van der Waals surface area contributed by atoms with Crippen LogP contribution in [0.2, 0.25) is 0 Å². The number of phenolic OH excluding ortho intramolecular Hbond substituents is 2. The smallest absolute Gasteiger partial charge is 0.294 e. The highest BCUT2D eigenvalue weighted by Gasteiger charge is 2.16. The van der Waals surface area contributed by atoms with E-state index in [1.807, 2.05) is 0 Å². The van der Waals surface area contributed by atoms with E-state index in [1.165, 1.54) is 12.1 Å². The fourth-order valence-electron chi connectivity index (χ4n) is 1.56. The standard InChI is InChI=1S/C10H9NO5S/c11-7-2-1-5-3-6(17(14,15)16)4-8(12)9(5)10(7)13/h1-4,12-13H,11H2,(H,14,15,16). The fraction of sp³-hybridized carbons (Fsp3) is 0. The van der Waals surface area contributed by atoms with Gasteiger partial charge in [-0.25, -0.2) is 0 Å². The van der Waals surface area contributed by atoms with Crippen molar-refractivity contribution in [1.82, 2.24) is 0 Å². The van der Waals surface area contributed by atoms with Crippen molar-refractivity contribution in [1.29, 1.82) is 0 Å². The summed E-state index contributed by atoms with van der Waals surface area (Å²) in [6.45, 7) is 0. The van der Waals surface area contributed by atoms with Crippen molar-refractivity contribution in [2.45, 2.75) is 4.90 Å². The third-order valence-electron chi connectivity index (χ3n) is 2.37. The zero-order chi connectivity index (χ0) is 12.8. The van der Waals surface area contributed by atoms with Gasteiger partial charge in [0.15, 0.2) is 0 Å². The highest BCUT2D eigenvalue weighted by atomic mass is 32.2. The lowest BCUT2D eigenvalue weighted by Crippen LogP contribution is -1.98. The predicted molar refractivity (Wildman–Crippen MR) is 61.5 cm³/mol. The first-order chi connectivity index (χ1) is 7.80. The SMILES string of the molecule is Nc1ccc2cc(S(=O)(=O)O)cc(O)c2c1O. The number of benzene rings is 2. The van der Waals surface area contributed by atoms with Gasteiger partial charge in [-0.3, -0.25) is 4.55 Å². The third-order valence-corrected chi connectivity index (χ3v) is 3.20. The summed E-state index contributed by atoms with van der Waals surface area (Å²) in [6, 6.07) is 4.77. The Hall–Kier alpha value is -1.99. The minimum absolute atomic E-state index is 0.0393. The average Bonchev–Trinajstić information content (AvgIpc) is 2.21. The van der Waals surface area contributed by atoms with Gasteiger partial charge in [0.05, 0.1) is 16.0 Å². The van der Waals surface area contributed by atoms with Gasteiger partial charge < -0.3 is 15.9 Å². The third kappa shape index (κ3) is 1.85. The number of nitrogens with two attached hydrogens (primary N) is 1. The topological polar surface area (TPSA) is 121 Å². The van der Waals surface area contributed by atoms with E-state index in [2.05, 4.69) is 0 Å². The van der Waals surface area contributed by atoms with Crippen LogP contribution in [0.15, 0.2) is 29.2 Å². The summed E-state index contributed by atoms with van der Waals surface area (Å²) in [5, 5.41) is 19.6. The Balaban J connectivity index is 2.91. The molecule has 2 aromatic rings. The first-order valence-electron chi connectivity index (χ1n) is 4.52. The van der Waals surface area contributed by atoms with Crippen LogP contribution in [-0.4, -0.2) is 23.2 Å². The molecule has 0 atom stereocenters. The van der Waals surface area contributed by atoms with Crippen molar-refractivity contribution in [3.05, 3.63) is 24.3 Å². The fourth-order valence-corrected chi connectivity index (χ4v) is 2.10. The van der Waals surface area contributed by atoms with Gasteiger partial charge in [0.2, 0.25) is 0 Å². The van der Waals surface area contributed by atoms with Crippen molar-refractivity contribution in [2.24, 2.45) is 0 Å². The van der Waals surface area contributed by atoms with Gasteiger partial charge in [0.25, 0.3) is 10.1 Å². The first kappa shape index (κ1) is 11.5. The van der Waals surface area contributed by atoms with Crippen LogP contribution in [0, 0.1) is 0 Å². The van der Waals surface area contributed by atoms with Crippen LogP contribution in [0.3, 0.4) is 0 Å². The Morgan fingerprint density at radius 2 is 1.76 bits per heavy atom. The van der Waals surface area contributed by atoms with Crippen LogP contribution < -0.4 is 5.73 Å². The maximum atomic E-state index is 10.9. The summed E-state index contributed by atoms with van der Waals surface area (Å²) >= 11 is 0. The van der Waals surface area contributed by atoms with Gasteiger partial charge in [-0.05, 0) is 17.5 Å². The Morgan fingerprint density at radius 3 is 2.35 bits per heavy atom. The second kappa shape index (κ2) is 3.51. The minimum atomic E-state index is -4.41. The summed E-state index contributed by atoms with van der Waals surface area (Å²) in [5.41, 5.74) is 5.51. The molecule has 7 heteroatoms. The number of nitrogen functional groups attached to an aromatic ring is 1. The number of anilines is 1. The molecule has 0 saturated carbocycles. The molecule has 2 rings (SSSR count). The Kier molecular flexibility index (Phi) is 2.37. The van der Waals surface area contributed by atoms with Gasteiger partial charge in [-0.1, -0.05) is 6.07 Å². The number of fused-ring (bicyclic) bond motifs is 1. The largest absolute Gasteiger partial charge is 0.507 e. The van der Waals surface area contributed by atoms with Crippen LogP contribution in [0.4, 0.5) is 5.69 Å². The quantitative estimate of drug-likeness (QED) is 0.344. The zero-order valence-electron chi connectivity index (χ0n) is 8.45. The van der Waals surface area contributed by atoms with E-state index in [9.17, 15) is 18.6 Å². The second-order valence-corrected chi connectivity index (χ2v) is 4.94. The summed E-state index contributed by atoms with van der Waals surface area (Å²) in [5.74, 6) is -0.804. The number of rotatable bonds is 1. The lowest BCUT2D eigenvalue weighted by Gasteiger charge is -2.07. The summed E-state index contributed by atoms with van der Waals surface area (Å²) in [4.78, 5) is -0.452. The molecule has 0 radical (unpaired) electrons. The number of hydrogen-bond acceptors (Lipinski definition) is 5. The highest BCUT2D eigenvalue weighted by Crippen LogP contribution is 2.38. The molecule has 0 fully saturated rings. The molecule has 6 nitrogen and oxygen atoms in total. The molecule has 0 bridgehead atoms. The lowest BCUT2D eigenvalue weighted by atomic mass is 10.1. The van der Waals surface area contributed by atoms with E-state index in [-0.39, 0.29) is 22.2 Å². The number of aromatic hydroxyl groups is 2. The molecule has 0 aliphatic heterocycles. The highest BCUT2D eigenvalue weighted by molar-refractivity contribution is 7.85. The van der Waals surface area contributed by atoms with Crippen LogP contribution in [0.25, 0.3) is 10.8 Å². The van der Waals surface area contributed by atoms with E-state index in [1.54, 1.807) is 0 Å². The molecule has 2 aromatic carbocycles. The number of hydrogen-bond donors (Lipinski definition) is 4. The normalized spacial score (nSPS) is 11.8. The van der Waals surface area contributed by atoms with Crippen LogP contribution >= 0.6 is 0 Å². The Bertz CT molecular complexity index is 708. The zero-order valence-corrected chi connectivity index (χ0v) is 9.27. The van der Waals surface area contributed by atoms with Crippen LogP contribution in [0.5, 0.6) is 11.5 Å². The molecule has 0 unspecified atom stereocenters. The maximum Gasteiger partial charge on any atom is 0.294 e. The molecule has 5 N–H and O–H groups in total. The second-order valence-electron chi connectivity index (χ2n) is 3.52. The minimum Gasteiger partial charge on any atom is -0.507 e. The summed E-state index contributed by atoms with van der Waals surface area (Å²) in [6.07, 6.45) is 0. The van der Waals surface area contributed by atoms with Gasteiger partial charge in [-0.15, -0.1) is 0 Å². The van der Waals surface area contributed by atoms with Gasteiger partial charge in [0, 0.05) is 6.07 Å². The van der Waals surface area contributed by atoms with Gasteiger partial charge in [0.1, 0.15) is 11.5 Å². The molecule has 90 valence electrons. The number of phenols is 2. The average molecular weight is 255 g/mol. The van der Waals surface area contributed by atoms with Crippen LogP contribution in [-0.2, 0) is 10.1 Å². The molecule has 17 heavy (non-hydrogen) atoms. The van der Waals surface area contributed by atoms with Crippen molar-refractivity contribution in [2.75, 3.05) is 5.73 Å². The molecular weight excluding hydrogens is 246 g/mol. The molecule has 0 aromatic heterocycles. The molecular formula is C10H9NO5S. The molecule has 0 spiro atoms. The Morgan fingerprint density at radius 1 is 1.12 bits per heavy atom. The van der Waals surface area contributed by atoms with Crippen LogP contribution in [0.1, 0.15) is 0 Å². The van der Waals surface area contributed by atoms with E-state index in [4.69, 9.17) is 10.3 Å². The first-order valence-corrected chi connectivity index (χ1v) is 5.96.